The highest BCUT2D eigenvalue weighted by Crippen LogP contribution is 2.44. The van der Waals surface area contributed by atoms with E-state index in [1.165, 1.54) is 29.6 Å². The lowest BCUT2D eigenvalue weighted by atomic mass is 9.64. The normalized spacial score (nSPS) is 29.7. The van der Waals surface area contributed by atoms with Crippen LogP contribution in [-0.2, 0) is 4.79 Å². The van der Waals surface area contributed by atoms with Crippen LogP contribution in [0.25, 0.3) is 0 Å². The van der Waals surface area contributed by atoms with Crippen molar-refractivity contribution in [3.63, 3.8) is 0 Å². The molecule has 3 rings (SSSR count). The summed E-state index contributed by atoms with van der Waals surface area (Å²) >= 11 is 0. The molecule has 0 aromatic carbocycles. The standard InChI is InChI=1S/C19H24O/c1-13-3-7-15(8-4-13)17-11-12-18(17)19(20)16-9-5-14(2)6-10-16/h3,5,7,9,17-18H,4,6,8,10-12H2,1-2H3. The maximum atomic E-state index is 12.7. The average molecular weight is 268 g/mol. The van der Waals surface area contributed by atoms with Gasteiger partial charge in [-0.25, -0.2) is 0 Å². The van der Waals surface area contributed by atoms with Gasteiger partial charge in [0.15, 0.2) is 5.78 Å². The van der Waals surface area contributed by atoms with Crippen LogP contribution in [0.15, 0.2) is 46.6 Å². The molecule has 106 valence electrons. The molecule has 0 saturated heterocycles. The van der Waals surface area contributed by atoms with E-state index in [2.05, 4.69) is 38.2 Å². The fourth-order valence-electron chi connectivity index (χ4n) is 3.51. The van der Waals surface area contributed by atoms with E-state index < -0.39 is 0 Å². The van der Waals surface area contributed by atoms with E-state index in [1.54, 1.807) is 0 Å². The van der Waals surface area contributed by atoms with E-state index in [0.29, 0.717) is 11.7 Å². The largest absolute Gasteiger partial charge is 0.294 e. The minimum absolute atomic E-state index is 0.270. The zero-order valence-electron chi connectivity index (χ0n) is 12.6. The molecule has 2 atom stereocenters. The average Bonchev–Trinajstić information content (AvgIpc) is 2.41. The van der Waals surface area contributed by atoms with Gasteiger partial charge in [-0.05, 0) is 63.9 Å². The van der Waals surface area contributed by atoms with E-state index in [0.717, 1.165) is 31.3 Å². The summed E-state index contributed by atoms with van der Waals surface area (Å²) in [7, 11) is 0. The molecule has 0 heterocycles. The Kier molecular flexibility index (Phi) is 3.78. The Labute approximate surface area is 122 Å². The van der Waals surface area contributed by atoms with Crippen molar-refractivity contribution in [1.82, 2.24) is 0 Å². The molecule has 1 fully saturated rings. The van der Waals surface area contributed by atoms with Crippen LogP contribution >= 0.6 is 0 Å². The van der Waals surface area contributed by atoms with Gasteiger partial charge >= 0.3 is 0 Å². The molecule has 0 amide bonds. The van der Waals surface area contributed by atoms with Crippen molar-refractivity contribution in [1.29, 1.82) is 0 Å². The van der Waals surface area contributed by atoms with Crippen molar-refractivity contribution >= 4 is 5.78 Å². The molecular weight excluding hydrogens is 244 g/mol. The van der Waals surface area contributed by atoms with Gasteiger partial charge in [0.05, 0.1) is 0 Å². The molecule has 0 bridgehead atoms. The molecule has 0 aromatic rings. The van der Waals surface area contributed by atoms with Crippen LogP contribution in [0.1, 0.15) is 52.4 Å². The van der Waals surface area contributed by atoms with Gasteiger partial charge in [0.1, 0.15) is 0 Å². The van der Waals surface area contributed by atoms with Gasteiger partial charge in [0, 0.05) is 5.92 Å². The Bertz CT molecular complexity index is 542. The van der Waals surface area contributed by atoms with Gasteiger partial charge in [-0.2, -0.15) is 0 Å². The molecule has 1 nitrogen and oxygen atoms in total. The second-order valence-electron chi connectivity index (χ2n) is 6.61. The number of carbonyl (C=O) groups is 1. The summed E-state index contributed by atoms with van der Waals surface area (Å²) in [5, 5.41) is 0. The van der Waals surface area contributed by atoms with Crippen molar-refractivity contribution in [3.05, 3.63) is 46.6 Å². The van der Waals surface area contributed by atoms with Crippen molar-refractivity contribution in [2.75, 3.05) is 0 Å². The van der Waals surface area contributed by atoms with Gasteiger partial charge in [-0.15, -0.1) is 0 Å². The predicted molar refractivity (Wildman–Crippen MR) is 83.4 cm³/mol. The fraction of sp³-hybridized carbons (Fsp3) is 0.526. The lowest BCUT2D eigenvalue weighted by Crippen LogP contribution is -2.35. The van der Waals surface area contributed by atoms with Crippen LogP contribution < -0.4 is 0 Å². The molecule has 0 spiro atoms. The van der Waals surface area contributed by atoms with E-state index in [-0.39, 0.29) is 5.92 Å². The lowest BCUT2D eigenvalue weighted by molar-refractivity contribution is -0.123. The lowest BCUT2D eigenvalue weighted by Gasteiger charge is -2.39. The Hall–Kier alpha value is -1.37. The third-order valence-corrected chi connectivity index (χ3v) is 5.15. The molecular formula is C19H24O. The quantitative estimate of drug-likeness (QED) is 0.710. The topological polar surface area (TPSA) is 17.1 Å². The molecule has 0 aliphatic heterocycles. The Morgan fingerprint density at radius 2 is 1.60 bits per heavy atom. The molecule has 3 aliphatic carbocycles. The van der Waals surface area contributed by atoms with E-state index >= 15 is 0 Å². The summed E-state index contributed by atoms with van der Waals surface area (Å²) in [4.78, 5) is 12.7. The number of rotatable bonds is 3. The minimum atomic E-state index is 0.270. The number of hydrogen-bond acceptors (Lipinski definition) is 1. The molecule has 1 saturated carbocycles. The maximum absolute atomic E-state index is 12.7. The van der Waals surface area contributed by atoms with Crippen LogP contribution in [-0.4, -0.2) is 5.78 Å². The first-order valence-corrected chi connectivity index (χ1v) is 7.92. The van der Waals surface area contributed by atoms with E-state index in [4.69, 9.17) is 0 Å². The SMILES string of the molecule is CC1=CC=C(C(=O)C2CCC2C2=CC=C(C)CC2)CC1. The third-order valence-electron chi connectivity index (χ3n) is 5.15. The van der Waals surface area contributed by atoms with Crippen molar-refractivity contribution in [3.8, 4) is 0 Å². The number of ketones is 1. The van der Waals surface area contributed by atoms with Gasteiger partial charge < -0.3 is 0 Å². The first kappa shape index (κ1) is 13.6. The van der Waals surface area contributed by atoms with Gasteiger partial charge in [-0.1, -0.05) is 41.0 Å². The molecule has 20 heavy (non-hydrogen) atoms. The second kappa shape index (κ2) is 5.55. The Morgan fingerprint density at radius 3 is 2.10 bits per heavy atom. The van der Waals surface area contributed by atoms with E-state index in [9.17, 15) is 4.79 Å². The molecule has 3 aliphatic rings. The summed E-state index contributed by atoms with van der Waals surface area (Å²) in [6.45, 7) is 4.34. The Balaban J connectivity index is 1.71. The van der Waals surface area contributed by atoms with Crippen LogP contribution in [0.3, 0.4) is 0 Å². The summed E-state index contributed by atoms with van der Waals surface area (Å²) in [6, 6.07) is 0. The number of Topliss-reactive ketones (excluding diaryl/α,β-unsaturated/α-hetero) is 1. The van der Waals surface area contributed by atoms with Crippen LogP contribution in [0, 0.1) is 11.8 Å². The molecule has 0 radical (unpaired) electrons. The second-order valence-corrected chi connectivity index (χ2v) is 6.61. The summed E-state index contributed by atoms with van der Waals surface area (Å²) in [5.41, 5.74) is 5.44. The monoisotopic (exact) mass is 268 g/mol. The highest BCUT2D eigenvalue weighted by Gasteiger charge is 2.39. The van der Waals surface area contributed by atoms with Gasteiger partial charge in [-0.3, -0.25) is 4.79 Å². The Morgan fingerprint density at radius 1 is 0.900 bits per heavy atom. The van der Waals surface area contributed by atoms with Crippen LogP contribution in [0.2, 0.25) is 0 Å². The fourth-order valence-corrected chi connectivity index (χ4v) is 3.51. The van der Waals surface area contributed by atoms with Crippen molar-refractivity contribution in [2.45, 2.75) is 52.4 Å². The van der Waals surface area contributed by atoms with Gasteiger partial charge in [0.25, 0.3) is 0 Å². The summed E-state index contributed by atoms with van der Waals surface area (Å²) in [5.74, 6) is 1.23. The zero-order valence-corrected chi connectivity index (χ0v) is 12.6. The highest BCUT2D eigenvalue weighted by atomic mass is 16.1. The molecule has 0 N–H and O–H groups in total. The summed E-state index contributed by atoms with van der Waals surface area (Å²) < 4.78 is 0. The number of hydrogen-bond donors (Lipinski definition) is 0. The molecule has 0 aromatic heterocycles. The van der Waals surface area contributed by atoms with Gasteiger partial charge in [0.2, 0.25) is 0 Å². The summed E-state index contributed by atoms with van der Waals surface area (Å²) in [6.07, 6.45) is 15.3. The third kappa shape index (κ3) is 2.59. The number of allylic oxidation sites excluding steroid dienone is 8. The molecule has 2 unspecified atom stereocenters. The predicted octanol–water partition coefficient (Wildman–Crippen LogP) is 4.91. The first-order valence-electron chi connectivity index (χ1n) is 7.92. The smallest absolute Gasteiger partial charge is 0.162 e. The van der Waals surface area contributed by atoms with Crippen LogP contribution in [0.5, 0.6) is 0 Å². The van der Waals surface area contributed by atoms with E-state index in [1.807, 2.05) is 0 Å². The highest BCUT2D eigenvalue weighted by molar-refractivity contribution is 5.98. The minimum Gasteiger partial charge on any atom is -0.294 e. The number of carbonyl (C=O) groups excluding carboxylic acids is 1. The molecule has 1 heteroatoms. The van der Waals surface area contributed by atoms with Crippen LogP contribution in [0.4, 0.5) is 0 Å². The zero-order chi connectivity index (χ0) is 14.1. The van der Waals surface area contributed by atoms with Crippen molar-refractivity contribution < 1.29 is 4.79 Å². The maximum Gasteiger partial charge on any atom is 0.162 e. The first-order chi connectivity index (χ1) is 9.65. The van der Waals surface area contributed by atoms with Crippen molar-refractivity contribution in [2.24, 2.45) is 11.8 Å².